The molecule has 7 heteroatoms. The number of aryl methyl sites for hydroxylation is 2. The molecule has 1 aromatic heterocycles. The van der Waals surface area contributed by atoms with Crippen LogP contribution in [0.4, 0.5) is 5.69 Å². The molecule has 6 nitrogen and oxygen atoms in total. The Morgan fingerprint density at radius 3 is 2.64 bits per heavy atom. The van der Waals surface area contributed by atoms with Gasteiger partial charge in [-0.05, 0) is 48.7 Å². The summed E-state index contributed by atoms with van der Waals surface area (Å²) in [7, 11) is 0. The van der Waals surface area contributed by atoms with Gasteiger partial charge < -0.3 is 14.7 Å². The number of hydrogen-bond donors (Lipinski definition) is 2. The number of fused-ring (bicyclic) bond motifs is 1. The second-order valence-corrected chi connectivity index (χ2v) is 8.42. The average Bonchev–Trinajstić information content (AvgIpc) is 3.25. The molecule has 1 atom stereocenters. The van der Waals surface area contributed by atoms with E-state index in [4.69, 9.17) is 4.52 Å². The Bertz CT molecular complexity index is 1470. The molecule has 0 saturated heterocycles. The van der Waals surface area contributed by atoms with Crippen LogP contribution in [0.25, 0.3) is 22.2 Å². The lowest BCUT2D eigenvalue weighted by molar-refractivity contribution is -0.118. The number of benzene rings is 3. The maximum absolute atomic E-state index is 12.8. The van der Waals surface area contributed by atoms with Crippen LogP contribution < -0.4 is 10.2 Å². The van der Waals surface area contributed by atoms with Crippen molar-refractivity contribution in [2.24, 2.45) is 0 Å². The van der Waals surface area contributed by atoms with E-state index in [2.05, 4.69) is 23.1 Å². The van der Waals surface area contributed by atoms with Crippen molar-refractivity contribution in [3.8, 4) is 17.4 Å². The molecule has 1 N–H and O–H groups in total. The lowest BCUT2D eigenvalue weighted by Crippen LogP contribution is -2.46. The summed E-state index contributed by atoms with van der Waals surface area (Å²) in [6.45, 7) is 4.00. The van der Waals surface area contributed by atoms with Crippen LogP contribution in [-0.2, 0) is 4.79 Å². The van der Waals surface area contributed by atoms with E-state index in [1.54, 1.807) is 0 Å². The van der Waals surface area contributed by atoms with Gasteiger partial charge >= 0.3 is 0 Å². The second-order valence-electron chi connectivity index (χ2n) is 8.00. The predicted molar refractivity (Wildman–Crippen MR) is 130 cm³/mol. The monoisotopic (exact) mass is 452 g/mol. The molecule has 2 heterocycles. The summed E-state index contributed by atoms with van der Waals surface area (Å²) < 4.78 is 5.65. The molecular formula is C26H20N4O2S. The molecule has 1 aliphatic rings. The third-order valence-corrected chi connectivity index (χ3v) is 6.23. The largest absolute Gasteiger partial charge is 0.355 e. The van der Waals surface area contributed by atoms with Gasteiger partial charge in [-0.15, -0.1) is 12.6 Å². The number of hydrogen-bond acceptors (Lipinski definition) is 6. The highest BCUT2D eigenvalue weighted by molar-refractivity contribution is 7.84. The summed E-state index contributed by atoms with van der Waals surface area (Å²) in [5.41, 5.74) is 5.36. The van der Waals surface area contributed by atoms with Gasteiger partial charge in [0.15, 0.2) is 5.76 Å². The predicted octanol–water partition coefficient (Wildman–Crippen LogP) is 5.41. The minimum absolute atomic E-state index is 0.0217. The van der Waals surface area contributed by atoms with E-state index in [1.807, 2.05) is 91.5 Å². The number of amides is 1. The van der Waals surface area contributed by atoms with Gasteiger partial charge in [-0.3, -0.25) is 4.79 Å². The van der Waals surface area contributed by atoms with Crippen LogP contribution >= 0.6 is 12.6 Å². The topological polar surface area (TPSA) is 82.2 Å². The molecule has 162 valence electrons. The fourth-order valence-electron chi connectivity index (χ4n) is 4.10. The van der Waals surface area contributed by atoms with Crippen LogP contribution in [0.2, 0.25) is 0 Å². The zero-order valence-corrected chi connectivity index (χ0v) is 18.9. The van der Waals surface area contributed by atoms with Gasteiger partial charge in [0.25, 0.3) is 5.91 Å². The van der Waals surface area contributed by atoms with Crippen molar-refractivity contribution in [2.75, 3.05) is 4.90 Å². The Labute approximate surface area is 196 Å². The first kappa shape index (κ1) is 20.9. The summed E-state index contributed by atoms with van der Waals surface area (Å²) in [5, 5.41) is 17.9. The molecular weight excluding hydrogens is 432 g/mol. The standard InChI is InChI=1S/C26H20N4O2S/c1-15-8-9-16(2)22(12-15)30-24(28-25(31)20(14-27)26(30)33)18-10-11-21-19(13-18)23(32-29-21)17-6-4-3-5-7-17/h3-13,24,33H,1-2H3,(H,28,31). The zero-order chi connectivity index (χ0) is 23.1. The number of nitrogens with zero attached hydrogens (tertiary/aromatic N) is 3. The van der Waals surface area contributed by atoms with Gasteiger partial charge in [0, 0.05) is 11.3 Å². The minimum Gasteiger partial charge on any atom is -0.355 e. The average molecular weight is 453 g/mol. The van der Waals surface area contributed by atoms with E-state index in [0.717, 1.165) is 38.8 Å². The third-order valence-electron chi connectivity index (χ3n) is 5.79. The van der Waals surface area contributed by atoms with Crippen molar-refractivity contribution in [1.82, 2.24) is 10.5 Å². The van der Waals surface area contributed by atoms with Crippen LogP contribution in [0.3, 0.4) is 0 Å². The highest BCUT2D eigenvalue weighted by atomic mass is 32.1. The van der Waals surface area contributed by atoms with Gasteiger partial charge in [0.2, 0.25) is 0 Å². The lowest BCUT2D eigenvalue weighted by Gasteiger charge is -2.39. The number of rotatable bonds is 3. The number of nitriles is 1. The van der Waals surface area contributed by atoms with Crippen molar-refractivity contribution in [2.45, 2.75) is 20.0 Å². The molecule has 0 fully saturated rings. The zero-order valence-electron chi connectivity index (χ0n) is 18.0. The molecule has 1 aliphatic heterocycles. The fourth-order valence-corrected chi connectivity index (χ4v) is 4.47. The van der Waals surface area contributed by atoms with E-state index in [9.17, 15) is 10.1 Å². The number of nitrogens with one attached hydrogen (secondary N) is 1. The minimum atomic E-state index is -0.564. The number of anilines is 1. The molecule has 1 unspecified atom stereocenters. The lowest BCUT2D eigenvalue weighted by atomic mass is 10.0. The highest BCUT2D eigenvalue weighted by Gasteiger charge is 2.35. The van der Waals surface area contributed by atoms with Crippen molar-refractivity contribution in [3.05, 3.63) is 94.0 Å². The normalized spacial score (nSPS) is 16.1. The molecule has 0 saturated carbocycles. The van der Waals surface area contributed by atoms with Crippen LogP contribution in [0, 0.1) is 25.2 Å². The van der Waals surface area contributed by atoms with Gasteiger partial charge in [-0.1, -0.05) is 53.7 Å². The molecule has 0 aliphatic carbocycles. The van der Waals surface area contributed by atoms with E-state index < -0.39 is 12.1 Å². The molecule has 1 amide bonds. The number of thiol groups is 1. The summed E-state index contributed by atoms with van der Waals surface area (Å²) in [6.07, 6.45) is -0.564. The summed E-state index contributed by atoms with van der Waals surface area (Å²) in [6, 6.07) is 23.6. The maximum Gasteiger partial charge on any atom is 0.266 e. The van der Waals surface area contributed by atoms with Gasteiger partial charge in [-0.25, -0.2) is 0 Å². The number of aromatic nitrogens is 1. The summed E-state index contributed by atoms with van der Waals surface area (Å²) in [4.78, 5) is 14.6. The van der Waals surface area contributed by atoms with Gasteiger partial charge in [0.1, 0.15) is 23.3 Å². The SMILES string of the molecule is Cc1ccc(C)c(N2C(S)=C(C#N)C(=O)NC2c2ccc3noc(-c4ccccc4)c3c2)c1. The van der Waals surface area contributed by atoms with Crippen molar-refractivity contribution < 1.29 is 9.32 Å². The Hall–Kier alpha value is -4.02. The van der Waals surface area contributed by atoms with Crippen molar-refractivity contribution in [3.63, 3.8) is 0 Å². The molecule has 33 heavy (non-hydrogen) atoms. The second kappa shape index (κ2) is 8.15. The molecule has 0 radical (unpaired) electrons. The van der Waals surface area contributed by atoms with Crippen LogP contribution in [0.1, 0.15) is 22.9 Å². The summed E-state index contributed by atoms with van der Waals surface area (Å²) in [5.74, 6) is 0.204. The van der Waals surface area contributed by atoms with Crippen LogP contribution in [0.5, 0.6) is 0 Å². The first-order valence-electron chi connectivity index (χ1n) is 10.4. The van der Waals surface area contributed by atoms with Gasteiger partial charge in [-0.2, -0.15) is 5.26 Å². The van der Waals surface area contributed by atoms with Crippen molar-refractivity contribution in [1.29, 1.82) is 5.26 Å². The van der Waals surface area contributed by atoms with E-state index in [-0.39, 0.29) is 5.57 Å². The Morgan fingerprint density at radius 1 is 1.09 bits per heavy atom. The molecule has 5 rings (SSSR count). The summed E-state index contributed by atoms with van der Waals surface area (Å²) >= 11 is 4.62. The quantitative estimate of drug-likeness (QED) is 0.406. The van der Waals surface area contributed by atoms with E-state index >= 15 is 0 Å². The third kappa shape index (κ3) is 3.55. The smallest absolute Gasteiger partial charge is 0.266 e. The molecule has 3 aromatic carbocycles. The Morgan fingerprint density at radius 2 is 1.88 bits per heavy atom. The van der Waals surface area contributed by atoms with E-state index in [1.165, 1.54) is 0 Å². The van der Waals surface area contributed by atoms with Crippen molar-refractivity contribution >= 4 is 35.1 Å². The van der Waals surface area contributed by atoms with Crippen LogP contribution in [0.15, 0.2) is 81.9 Å². The first-order valence-corrected chi connectivity index (χ1v) is 10.9. The Kier molecular flexibility index (Phi) is 5.15. The number of carbonyl (C=O) groups is 1. The fraction of sp³-hybridized carbons (Fsp3) is 0.115. The highest BCUT2D eigenvalue weighted by Crippen LogP contribution is 2.39. The molecule has 0 spiro atoms. The molecule has 0 bridgehead atoms. The Balaban J connectivity index is 1.70. The van der Waals surface area contributed by atoms with Gasteiger partial charge in [0.05, 0.1) is 10.4 Å². The maximum atomic E-state index is 12.8. The molecule has 4 aromatic rings. The first-order chi connectivity index (χ1) is 16.0. The number of carbonyl (C=O) groups excluding carboxylic acids is 1. The van der Waals surface area contributed by atoms with E-state index in [0.29, 0.717) is 10.8 Å². The van der Waals surface area contributed by atoms with Crippen LogP contribution in [-0.4, -0.2) is 11.1 Å².